The van der Waals surface area contributed by atoms with Crippen molar-refractivity contribution in [1.29, 1.82) is 0 Å². The largest absolute Gasteiger partial charge is 0.508 e. The average molecular weight is 269 g/mol. The Morgan fingerprint density at radius 2 is 1.79 bits per heavy atom. The third kappa shape index (κ3) is 7.28. The molecular weight excluding hydrogens is 250 g/mol. The molecule has 6 heteroatoms. The molecule has 1 aromatic rings. The summed E-state index contributed by atoms with van der Waals surface area (Å²) in [6.45, 7) is 1.39. The number of phenols is 1. The number of phenolic OH excluding ortho intramolecular Hbond substituents is 1. The van der Waals surface area contributed by atoms with Crippen LogP contribution in [0, 0.1) is 0 Å². The quantitative estimate of drug-likeness (QED) is 0.494. The summed E-state index contributed by atoms with van der Waals surface area (Å²) in [5.74, 6) is 0.138. The van der Waals surface area contributed by atoms with Crippen molar-refractivity contribution in [3.8, 4) is 5.75 Å². The molecule has 0 saturated carbocycles. The molecule has 0 spiro atoms. The summed E-state index contributed by atoms with van der Waals surface area (Å²) < 4.78 is 10.1. The van der Waals surface area contributed by atoms with Gasteiger partial charge in [0.2, 0.25) is 0 Å². The maximum absolute atomic E-state index is 11.4. The number of aromatic hydroxyl groups is 1. The molecule has 3 N–H and O–H groups in total. The molecule has 0 heterocycles. The van der Waals surface area contributed by atoms with Gasteiger partial charge in [-0.2, -0.15) is 0 Å². The Morgan fingerprint density at radius 3 is 2.47 bits per heavy atom. The van der Waals surface area contributed by atoms with E-state index in [4.69, 9.17) is 19.7 Å². The van der Waals surface area contributed by atoms with Gasteiger partial charge in [-0.1, -0.05) is 0 Å². The topological polar surface area (TPSA) is 88.0 Å². The van der Waals surface area contributed by atoms with Crippen LogP contribution in [-0.4, -0.2) is 42.7 Å². The van der Waals surface area contributed by atoms with Crippen LogP contribution in [0.2, 0.25) is 0 Å². The van der Waals surface area contributed by atoms with Crippen LogP contribution >= 0.6 is 0 Å². The number of anilines is 1. The Labute approximate surface area is 112 Å². The first-order valence-corrected chi connectivity index (χ1v) is 6.14. The predicted molar refractivity (Wildman–Crippen MR) is 70.2 cm³/mol. The fourth-order valence-electron chi connectivity index (χ4n) is 1.29. The van der Waals surface area contributed by atoms with Gasteiger partial charge in [0.1, 0.15) is 5.75 Å². The van der Waals surface area contributed by atoms with Gasteiger partial charge >= 0.3 is 6.09 Å². The van der Waals surface area contributed by atoms with E-state index in [0.29, 0.717) is 31.7 Å². The number of hydrogen-bond donors (Lipinski definition) is 3. The first kappa shape index (κ1) is 15.3. The lowest BCUT2D eigenvalue weighted by Crippen LogP contribution is -2.15. The highest BCUT2D eigenvalue weighted by molar-refractivity contribution is 5.84. The highest BCUT2D eigenvalue weighted by Gasteiger charge is 2.02. The summed E-state index contributed by atoms with van der Waals surface area (Å²) >= 11 is 0. The monoisotopic (exact) mass is 269 g/mol. The van der Waals surface area contributed by atoms with E-state index in [1.54, 1.807) is 12.1 Å². The fraction of sp³-hybridized carbons (Fsp3) is 0.462. The smallest absolute Gasteiger partial charge is 0.411 e. The molecule has 19 heavy (non-hydrogen) atoms. The number of amides is 1. The van der Waals surface area contributed by atoms with Crippen molar-refractivity contribution in [2.24, 2.45) is 0 Å². The minimum atomic E-state index is -0.541. The summed E-state index contributed by atoms with van der Waals surface area (Å²) in [7, 11) is 0. The molecule has 0 saturated heterocycles. The van der Waals surface area contributed by atoms with E-state index in [1.807, 2.05) is 0 Å². The molecule has 0 bridgehead atoms. The predicted octanol–water partition coefficient (Wildman–Crippen LogP) is 1.73. The Kier molecular flexibility index (Phi) is 7.38. The molecular formula is C13H19NO5. The SMILES string of the molecule is O=C(Nc1ccc(O)cc1)OCCCOCCCO. The van der Waals surface area contributed by atoms with Crippen LogP contribution in [0.15, 0.2) is 24.3 Å². The first-order chi connectivity index (χ1) is 9.22. The summed E-state index contributed by atoms with van der Waals surface area (Å²) in [5.41, 5.74) is 0.557. The molecule has 0 atom stereocenters. The van der Waals surface area contributed by atoms with Crippen molar-refractivity contribution >= 4 is 11.8 Å². The lowest BCUT2D eigenvalue weighted by atomic mass is 10.3. The Hall–Kier alpha value is -1.79. The average Bonchev–Trinajstić information content (AvgIpc) is 2.40. The van der Waals surface area contributed by atoms with Crippen LogP contribution in [0.3, 0.4) is 0 Å². The lowest BCUT2D eigenvalue weighted by molar-refractivity contribution is 0.0951. The standard InChI is InChI=1S/C13H19NO5/c15-7-1-8-18-9-2-10-19-13(17)14-11-3-5-12(16)6-4-11/h3-6,15-16H,1-2,7-10H2,(H,14,17). The molecule has 1 amide bonds. The van der Waals surface area contributed by atoms with Crippen LogP contribution in [0.1, 0.15) is 12.8 Å². The molecule has 0 fully saturated rings. The molecule has 0 aromatic heterocycles. The molecule has 1 aromatic carbocycles. The third-order valence-corrected chi connectivity index (χ3v) is 2.23. The molecule has 0 radical (unpaired) electrons. The Balaban J connectivity index is 2.06. The summed E-state index contributed by atoms with van der Waals surface area (Å²) in [6.07, 6.45) is 0.678. The number of nitrogens with one attached hydrogen (secondary N) is 1. The zero-order chi connectivity index (χ0) is 13.9. The maximum Gasteiger partial charge on any atom is 0.411 e. The lowest BCUT2D eigenvalue weighted by Gasteiger charge is -2.07. The van der Waals surface area contributed by atoms with Gasteiger partial charge in [-0.25, -0.2) is 4.79 Å². The van der Waals surface area contributed by atoms with Gasteiger partial charge in [0, 0.05) is 31.9 Å². The highest BCUT2D eigenvalue weighted by atomic mass is 16.5. The van der Waals surface area contributed by atoms with E-state index in [0.717, 1.165) is 0 Å². The minimum absolute atomic E-state index is 0.117. The maximum atomic E-state index is 11.4. The van der Waals surface area contributed by atoms with Gasteiger partial charge in [-0.3, -0.25) is 5.32 Å². The summed E-state index contributed by atoms with van der Waals surface area (Å²) in [6, 6.07) is 6.11. The third-order valence-electron chi connectivity index (χ3n) is 2.23. The van der Waals surface area contributed by atoms with E-state index >= 15 is 0 Å². The van der Waals surface area contributed by atoms with E-state index < -0.39 is 6.09 Å². The van der Waals surface area contributed by atoms with E-state index in [2.05, 4.69) is 5.32 Å². The number of carbonyl (C=O) groups excluding carboxylic acids is 1. The van der Waals surface area contributed by atoms with Gasteiger partial charge in [0.15, 0.2) is 0 Å². The van der Waals surface area contributed by atoms with E-state index in [9.17, 15) is 4.79 Å². The van der Waals surface area contributed by atoms with Crippen LogP contribution in [0.4, 0.5) is 10.5 Å². The number of rotatable bonds is 8. The highest BCUT2D eigenvalue weighted by Crippen LogP contribution is 2.13. The molecule has 0 aliphatic carbocycles. The summed E-state index contributed by atoms with van der Waals surface area (Å²) in [5, 5.41) is 20.1. The number of hydrogen-bond acceptors (Lipinski definition) is 5. The second kappa shape index (κ2) is 9.18. The van der Waals surface area contributed by atoms with Crippen molar-refractivity contribution in [2.45, 2.75) is 12.8 Å². The summed E-state index contributed by atoms with van der Waals surface area (Å²) in [4.78, 5) is 11.4. The Morgan fingerprint density at radius 1 is 1.11 bits per heavy atom. The minimum Gasteiger partial charge on any atom is -0.508 e. The fourth-order valence-corrected chi connectivity index (χ4v) is 1.29. The first-order valence-electron chi connectivity index (χ1n) is 6.14. The van der Waals surface area contributed by atoms with E-state index in [-0.39, 0.29) is 19.0 Å². The molecule has 6 nitrogen and oxygen atoms in total. The van der Waals surface area contributed by atoms with E-state index in [1.165, 1.54) is 12.1 Å². The number of ether oxygens (including phenoxy) is 2. The van der Waals surface area contributed by atoms with Crippen molar-refractivity contribution in [2.75, 3.05) is 31.7 Å². The molecule has 0 aliphatic heterocycles. The second-order valence-electron chi connectivity index (χ2n) is 3.85. The Bertz CT molecular complexity index is 366. The zero-order valence-electron chi connectivity index (χ0n) is 10.7. The van der Waals surface area contributed by atoms with Gasteiger partial charge in [-0.05, 0) is 30.7 Å². The van der Waals surface area contributed by atoms with Crippen LogP contribution in [-0.2, 0) is 9.47 Å². The zero-order valence-corrected chi connectivity index (χ0v) is 10.7. The molecule has 0 unspecified atom stereocenters. The molecule has 0 aliphatic rings. The number of carbonyl (C=O) groups is 1. The van der Waals surface area contributed by atoms with Crippen LogP contribution in [0.5, 0.6) is 5.75 Å². The van der Waals surface area contributed by atoms with Crippen LogP contribution in [0.25, 0.3) is 0 Å². The number of aliphatic hydroxyl groups is 1. The number of benzene rings is 1. The van der Waals surface area contributed by atoms with Gasteiger partial charge < -0.3 is 19.7 Å². The van der Waals surface area contributed by atoms with Gasteiger partial charge in [-0.15, -0.1) is 0 Å². The van der Waals surface area contributed by atoms with Crippen molar-refractivity contribution in [3.63, 3.8) is 0 Å². The molecule has 1 rings (SSSR count). The van der Waals surface area contributed by atoms with Crippen molar-refractivity contribution in [3.05, 3.63) is 24.3 Å². The normalized spacial score (nSPS) is 10.2. The molecule has 106 valence electrons. The number of aliphatic hydroxyl groups excluding tert-OH is 1. The second-order valence-corrected chi connectivity index (χ2v) is 3.85. The van der Waals surface area contributed by atoms with Crippen LogP contribution < -0.4 is 5.32 Å². The van der Waals surface area contributed by atoms with Crippen molar-refractivity contribution < 1.29 is 24.5 Å². The van der Waals surface area contributed by atoms with Gasteiger partial charge in [0.25, 0.3) is 0 Å². The van der Waals surface area contributed by atoms with Gasteiger partial charge in [0.05, 0.1) is 6.61 Å². The van der Waals surface area contributed by atoms with Crippen molar-refractivity contribution in [1.82, 2.24) is 0 Å².